The first-order chi connectivity index (χ1) is 8.86. The Bertz CT molecular complexity index is 498. The molecule has 0 unspecified atom stereocenters. The molecule has 5 heteroatoms. The molecule has 1 aromatic carbocycles. The van der Waals surface area contributed by atoms with Gasteiger partial charge in [-0.25, -0.2) is 8.42 Å². The molecular formula is C14H24N2O2S. The van der Waals surface area contributed by atoms with Crippen LogP contribution in [-0.2, 0) is 16.6 Å². The molecule has 0 bridgehead atoms. The maximum atomic E-state index is 12.3. The van der Waals surface area contributed by atoms with Crippen molar-refractivity contribution in [2.75, 3.05) is 18.0 Å². The lowest BCUT2D eigenvalue weighted by Gasteiger charge is -2.23. The van der Waals surface area contributed by atoms with Crippen LogP contribution in [0.5, 0.6) is 0 Å². The third kappa shape index (κ3) is 4.84. The number of hydrogen-bond acceptors (Lipinski definition) is 3. The summed E-state index contributed by atoms with van der Waals surface area (Å²) in [5, 5.41) is 0. The molecular weight excluding hydrogens is 260 g/mol. The second-order valence-corrected chi connectivity index (χ2v) is 7.22. The van der Waals surface area contributed by atoms with E-state index in [2.05, 4.69) is 0 Å². The third-order valence-electron chi connectivity index (χ3n) is 2.81. The Hall–Kier alpha value is -1.07. The summed E-state index contributed by atoms with van der Waals surface area (Å²) < 4.78 is 26.2. The molecule has 1 aromatic rings. The van der Waals surface area contributed by atoms with Crippen molar-refractivity contribution in [3.8, 4) is 0 Å². The molecule has 1 rings (SSSR count). The normalized spacial score (nSPS) is 12.3. The van der Waals surface area contributed by atoms with Gasteiger partial charge in [-0.05, 0) is 24.0 Å². The quantitative estimate of drug-likeness (QED) is 0.782. The van der Waals surface area contributed by atoms with Crippen LogP contribution < -0.4 is 5.73 Å². The van der Waals surface area contributed by atoms with E-state index < -0.39 is 10.0 Å². The fourth-order valence-corrected chi connectivity index (χ4v) is 3.81. The fraction of sp³-hybridized carbons (Fsp3) is 0.571. The number of sulfonamides is 1. The predicted octanol–water partition coefficient (Wildman–Crippen LogP) is 2.47. The summed E-state index contributed by atoms with van der Waals surface area (Å²) in [4.78, 5) is 0. The van der Waals surface area contributed by atoms with Gasteiger partial charge in [0, 0.05) is 18.8 Å². The summed E-state index contributed by atoms with van der Waals surface area (Å²) in [5.41, 5.74) is 7.39. The van der Waals surface area contributed by atoms with E-state index >= 15 is 0 Å². The molecule has 0 aliphatic carbocycles. The minimum Gasteiger partial charge on any atom is -0.398 e. The van der Waals surface area contributed by atoms with Crippen molar-refractivity contribution in [3.63, 3.8) is 0 Å². The number of nitrogens with zero attached hydrogens (tertiary/aromatic N) is 1. The molecule has 0 amide bonds. The van der Waals surface area contributed by atoms with Gasteiger partial charge in [-0.15, -0.1) is 0 Å². The first-order valence-electron chi connectivity index (χ1n) is 6.68. The van der Waals surface area contributed by atoms with Crippen molar-refractivity contribution in [3.05, 3.63) is 29.8 Å². The summed E-state index contributed by atoms with van der Waals surface area (Å²) in [6.07, 6.45) is 0.796. The molecule has 0 saturated heterocycles. The molecule has 0 aromatic heterocycles. The van der Waals surface area contributed by atoms with Crippen LogP contribution >= 0.6 is 0 Å². The molecule has 2 N–H and O–H groups in total. The monoisotopic (exact) mass is 284 g/mol. The topological polar surface area (TPSA) is 63.4 Å². The number of benzene rings is 1. The molecule has 0 saturated carbocycles. The van der Waals surface area contributed by atoms with Gasteiger partial charge in [-0.3, -0.25) is 0 Å². The average molecular weight is 284 g/mol. The Morgan fingerprint density at radius 2 is 1.89 bits per heavy atom. The molecule has 108 valence electrons. The molecule has 0 atom stereocenters. The number of nitrogen functional groups attached to an aromatic ring is 1. The van der Waals surface area contributed by atoms with Gasteiger partial charge in [0.15, 0.2) is 0 Å². The van der Waals surface area contributed by atoms with Crippen LogP contribution in [0.4, 0.5) is 5.69 Å². The summed E-state index contributed by atoms with van der Waals surface area (Å²) in [6, 6.07) is 7.41. The highest BCUT2D eigenvalue weighted by molar-refractivity contribution is 7.89. The van der Waals surface area contributed by atoms with Crippen molar-refractivity contribution in [2.24, 2.45) is 5.92 Å². The van der Waals surface area contributed by atoms with Crippen LogP contribution in [0.3, 0.4) is 0 Å². The first-order valence-corrected chi connectivity index (χ1v) is 8.29. The van der Waals surface area contributed by atoms with Crippen molar-refractivity contribution >= 4 is 15.7 Å². The minimum absolute atomic E-state index is 0.123. The van der Waals surface area contributed by atoms with Crippen molar-refractivity contribution < 1.29 is 8.42 Å². The molecule has 0 radical (unpaired) electrons. The van der Waals surface area contributed by atoms with Gasteiger partial charge in [0.25, 0.3) is 0 Å². The first kappa shape index (κ1) is 16.0. The second kappa shape index (κ2) is 6.91. The Kier molecular flexibility index (Phi) is 5.82. The molecule has 0 aliphatic rings. The van der Waals surface area contributed by atoms with Gasteiger partial charge in [-0.2, -0.15) is 4.31 Å². The van der Waals surface area contributed by atoms with Crippen molar-refractivity contribution in [1.82, 2.24) is 4.31 Å². The highest BCUT2D eigenvalue weighted by Gasteiger charge is 2.23. The summed E-state index contributed by atoms with van der Waals surface area (Å²) in [7, 11) is -3.22. The molecule has 19 heavy (non-hydrogen) atoms. The Morgan fingerprint density at radius 3 is 2.42 bits per heavy atom. The maximum Gasteiger partial charge on any atom is 0.214 e. The molecule has 0 heterocycles. The largest absolute Gasteiger partial charge is 0.398 e. The predicted molar refractivity (Wildman–Crippen MR) is 80.2 cm³/mol. The van der Waals surface area contributed by atoms with Crippen molar-refractivity contribution in [2.45, 2.75) is 33.7 Å². The molecule has 0 aliphatic heterocycles. The Morgan fingerprint density at radius 1 is 1.26 bits per heavy atom. The number of anilines is 1. The highest BCUT2D eigenvalue weighted by Crippen LogP contribution is 2.17. The van der Waals surface area contributed by atoms with Crippen LogP contribution in [0, 0.1) is 5.92 Å². The minimum atomic E-state index is -3.22. The maximum absolute atomic E-state index is 12.3. The standard InChI is InChI=1S/C14H24N2O2S/c1-4-9-16(19(17,18)11-12(2)3)10-13-7-5-6-8-14(13)15/h5-8,12H,4,9-11,15H2,1-3H3. The second-order valence-electron chi connectivity index (χ2n) is 5.20. The van der Waals surface area contributed by atoms with Crippen molar-refractivity contribution in [1.29, 1.82) is 0 Å². The Balaban J connectivity index is 2.93. The van der Waals surface area contributed by atoms with E-state index in [-0.39, 0.29) is 11.7 Å². The van der Waals surface area contributed by atoms with E-state index in [1.54, 1.807) is 10.4 Å². The van der Waals surface area contributed by atoms with Gasteiger partial charge in [0.1, 0.15) is 0 Å². The Labute approximate surface area is 116 Å². The summed E-state index contributed by atoms with van der Waals surface area (Å²) >= 11 is 0. The zero-order valence-electron chi connectivity index (χ0n) is 12.0. The van der Waals surface area contributed by atoms with Crippen LogP contribution in [0.25, 0.3) is 0 Å². The molecule has 0 spiro atoms. The lowest BCUT2D eigenvalue weighted by atomic mass is 10.2. The average Bonchev–Trinajstić information content (AvgIpc) is 2.29. The number of nitrogens with two attached hydrogens (primary N) is 1. The summed E-state index contributed by atoms with van der Waals surface area (Å²) in [6.45, 7) is 6.70. The lowest BCUT2D eigenvalue weighted by molar-refractivity contribution is 0.402. The van der Waals surface area contributed by atoms with E-state index in [4.69, 9.17) is 5.73 Å². The van der Waals surface area contributed by atoms with Gasteiger partial charge < -0.3 is 5.73 Å². The van der Waals surface area contributed by atoms with Gasteiger partial charge in [0.2, 0.25) is 10.0 Å². The van der Waals surface area contributed by atoms with Gasteiger partial charge in [0.05, 0.1) is 5.75 Å². The zero-order chi connectivity index (χ0) is 14.5. The lowest BCUT2D eigenvalue weighted by Crippen LogP contribution is -2.34. The van der Waals surface area contributed by atoms with Crippen LogP contribution in [0.1, 0.15) is 32.8 Å². The fourth-order valence-electron chi connectivity index (χ4n) is 1.96. The van der Waals surface area contributed by atoms with Crippen LogP contribution in [0.2, 0.25) is 0 Å². The summed E-state index contributed by atoms with van der Waals surface area (Å²) in [5.74, 6) is 0.303. The number of rotatable bonds is 7. The van der Waals surface area contributed by atoms with Crippen LogP contribution in [-0.4, -0.2) is 25.0 Å². The zero-order valence-corrected chi connectivity index (χ0v) is 12.8. The van der Waals surface area contributed by atoms with E-state index in [0.29, 0.717) is 18.8 Å². The number of hydrogen-bond donors (Lipinski definition) is 1. The van der Waals surface area contributed by atoms with Gasteiger partial charge in [-0.1, -0.05) is 39.0 Å². The van der Waals surface area contributed by atoms with E-state index in [1.807, 2.05) is 39.0 Å². The van der Waals surface area contributed by atoms with E-state index in [9.17, 15) is 8.42 Å². The van der Waals surface area contributed by atoms with E-state index in [0.717, 1.165) is 12.0 Å². The van der Waals surface area contributed by atoms with E-state index in [1.165, 1.54) is 0 Å². The third-order valence-corrected chi connectivity index (χ3v) is 5.00. The van der Waals surface area contributed by atoms with Crippen LogP contribution in [0.15, 0.2) is 24.3 Å². The molecule has 4 nitrogen and oxygen atoms in total. The molecule has 0 fully saturated rings. The van der Waals surface area contributed by atoms with Gasteiger partial charge >= 0.3 is 0 Å². The highest BCUT2D eigenvalue weighted by atomic mass is 32.2. The smallest absolute Gasteiger partial charge is 0.214 e. The SMILES string of the molecule is CCCN(Cc1ccccc1N)S(=O)(=O)CC(C)C. The number of para-hydroxylation sites is 1.